The molecule has 2 saturated carbocycles. The van der Waals surface area contributed by atoms with Crippen molar-refractivity contribution in [2.45, 2.75) is 56.7 Å². The predicted molar refractivity (Wildman–Crippen MR) is 58.3 cm³/mol. The smallest absolute Gasteiger partial charge is 0.0724 e. The van der Waals surface area contributed by atoms with Gasteiger partial charge in [0.1, 0.15) is 0 Å². The van der Waals surface area contributed by atoms with Crippen molar-refractivity contribution in [2.75, 3.05) is 7.11 Å². The average Bonchev–Trinajstić information content (AvgIpc) is 2.87. The molecule has 0 aliphatic heterocycles. The minimum Gasteiger partial charge on any atom is -0.380 e. The summed E-state index contributed by atoms with van der Waals surface area (Å²) < 4.78 is 5.46. The third-order valence-corrected chi connectivity index (χ3v) is 3.87. The first-order valence-corrected chi connectivity index (χ1v) is 6.03. The van der Waals surface area contributed by atoms with E-state index in [1.807, 2.05) is 0 Å². The van der Waals surface area contributed by atoms with Crippen LogP contribution in [-0.2, 0) is 4.74 Å². The largest absolute Gasteiger partial charge is 0.380 e. The van der Waals surface area contributed by atoms with Crippen LogP contribution in [0.15, 0.2) is 0 Å². The average molecular weight is 208 g/mol. The van der Waals surface area contributed by atoms with Gasteiger partial charge < -0.3 is 10.1 Å². The first kappa shape index (κ1) is 10.9. The molecule has 0 heterocycles. The monoisotopic (exact) mass is 208 g/mol. The van der Waals surface area contributed by atoms with Crippen molar-refractivity contribution in [3.05, 3.63) is 0 Å². The summed E-state index contributed by atoms with van der Waals surface area (Å²) in [5.74, 6) is 0.225. The number of nitrogens with one attached hydrogen (secondary N) is 1. The van der Waals surface area contributed by atoms with Crippen LogP contribution in [0.25, 0.3) is 0 Å². The molecule has 2 aliphatic rings. The van der Waals surface area contributed by atoms with Crippen LogP contribution in [0, 0.1) is 17.2 Å². The Bertz CT molecular complexity index is 248. The lowest BCUT2D eigenvalue weighted by atomic mass is 10.0. The third-order valence-electron chi connectivity index (χ3n) is 3.87. The molecule has 2 aliphatic carbocycles. The molecule has 2 rings (SSSR count). The maximum absolute atomic E-state index is 9.01. The Labute approximate surface area is 91.8 Å². The Morgan fingerprint density at radius 2 is 1.87 bits per heavy atom. The van der Waals surface area contributed by atoms with Gasteiger partial charge in [-0.1, -0.05) is 6.42 Å². The van der Waals surface area contributed by atoms with Gasteiger partial charge >= 0.3 is 0 Å². The number of rotatable bonds is 3. The Morgan fingerprint density at radius 3 is 2.60 bits per heavy atom. The quantitative estimate of drug-likeness (QED) is 0.769. The molecule has 0 radical (unpaired) electrons. The molecule has 0 spiro atoms. The summed E-state index contributed by atoms with van der Waals surface area (Å²) in [4.78, 5) is 0. The topological polar surface area (TPSA) is 45.0 Å². The summed E-state index contributed by atoms with van der Waals surface area (Å²) >= 11 is 0. The second-order valence-electron chi connectivity index (χ2n) is 4.75. The number of ether oxygens (including phenoxy) is 1. The minimum atomic E-state index is 0.225. The van der Waals surface area contributed by atoms with Crippen LogP contribution in [0.1, 0.15) is 38.5 Å². The standard InChI is InChI=1S/C12H20N2O/c1-15-12-7-3-6-11(12)14-10-5-2-4-9(10)8-13/h9-12,14H,2-7H2,1H3. The number of nitriles is 1. The van der Waals surface area contributed by atoms with Crippen LogP contribution in [0.3, 0.4) is 0 Å². The van der Waals surface area contributed by atoms with Gasteiger partial charge in [-0.3, -0.25) is 0 Å². The molecule has 0 aromatic carbocycles. The predicted octanol–water partition coefficient (Wildman–Crippen LogP) is 1.84. The van der Waals surface area contributed by atoms with E-state index in [2.05, 4.69) is 11.4 Å². The first-order chi connectivity index (χ1) is 7.35. The zero-order valence-corrected chi connectivity index (χ0v) is 9.41. The van der Waals surface area contributed by atoms with Crippen molar-refractivity contribution in [1.29, 1.82) is 5.26 Å². The van der Waals surface area contributed by atoms with E-state index in [-0.39, 0.29) is 5.92 Å². The highest BCUT2D eigenvalue weighted by molar-refractivity contribution is 4.99. The van der Waals surface area contributed by atoms with Gasteiger partial charge in [-0.2, -0.15) is 5.26 Å². The lowest BCUT2D eigenvalue weighted by Gasteiger charge is -2.25. The third kappa shape index (κ3) is 2.32. The molecule has 3 heteroatoms. The number of hydrogen-bond donors (Lipinski definition) is 1. The van der Waals surface area contributed by atoms with Crippen LogP contribution in [-0.4, -0.2) is 25.3 Å². The van der Waals surface area contributed by atoms with E-state index < -0.39 is 0 Å². The van der Waals surface area contributed by atoms with Gasteiger partial charge in [0.25, 0.3) is 0 Å². The van der Waals surface area contributed by atoms with Gasteiger partial charge in [0.15, 0.2) is 0 Å². The van der Waals surface area contributed by atoms with Gasteiger partial charge in [-0.15, -0.1) is 0 Å². The Balaban J connectivity index is 1.88. The van der Waals surface area contributed by atoms with Crippen LogP contribution < -0.4 is 5.32 Å². The molecule has 0 aromatic heterocycles. The Kier molecular flexibility index (Phi) is 3.61. The second kappa shape index (κ2) is 4.96. The van der Waals surface area contributed by atoms with Gasteiger partial charge in [0.2, 0.25) is 0 Å². The van der Waals surface area contributed by atoms with Gasteiger partial charge in [0, 0.05) is 19.2 Å². The first-order valence-electron chi connectivity index (χ1n) is 6.03. The Morgan fingerprint density at radius 1 is 1.13 bits per heavy atom. The number of methoxy groups -OCH3 is 1. The lowest BCUT2D eigenvalue weighted by Crippen LogP contribution is -2.44. The normalized spacial score (nSPS) is 40.5. The zero-order chi connectivity index (χ0) is 10.7. The molecule has 0 saturated heterocycles. The van der Waals surface area contributed by atoms with Crippen LogP contribution in [0.2, 0.25) is 0 Å². The van der Waals surface area contributed by atoms with Gasteiger partial charge in [-0.05, 0) is 32.1 Å². The summed E-state index contributed by atoms with van der Waals surface area (Å²) in [6, 6.07) is 3.31. The van der Waals surface area contributed by atoms with E-state index in [9.17, 15) is 0 Å². The highest BCUT2D eigenvalue weighted by Gasteiger charge is 2.33. The second-order valence-corrected chi connectivity index (χ2v) is 4.75. The molecule has 1 N–H and O–H groups in total. The molecule has 3 nitrogen and oxygen atoms in total. The van der Waals surface area contributed by atoms with E-state index >= 15 is 0 Å². The summed E-state index contributed by atoms with van der Waals surface area (Å²) in [6.07, 6.45) is 7.40. The number of hydrogen-bond acceptors (Lipinski definition) is 3. The highest BCUT2D eigenvalue weighted by atomic mass is 16.5. The zero-order valence-electron chi connectivity index (χ0n) is 9.41. The van der Waals surface area contributed by atoms with Crippen molar-refractivity contribution in [3.63, 3.8) is 0 Å². The fourth-order valence-corrected chi connectivity index (χ4v) is 2.99. The summed E-state index contributed by atoms with van der Waals surface area (Å²) in [5, 5.41) is 12.6. The maximum atomic E-state index is 9.01. The molecular formula is C12H20N2O. The molecule has 4 unspecified atom stereocenters. The molecular weight excluding hydrogens is 188 g/mol. The van der Waals surface area contributed by atoms with E-state index in [0.29, 0.717) is 18.2 Å². The minimum absolute atomic E-state index is 0.225. The van der Waals surface area contributed by atoms with Crippen LogP contribution >= 0.6 is 0 Å². The van der Waals surface area contributed by atoms with Crippen molar-refractivity contribution in [2.24, 2.45) is 5.92 Å². The summed E-state index contributed by atoms with van der Waals surface area (Å²) in [6.45, 7) is 0. The fourth-order valence-electron chi connectivity index (χ4n) is 2.99. The van der Waals surface area contributed by atoms with Crippen molar-refractivity contribution in [1.82, 2.24) is 5.32 Å². The molecule has 84 valence electrons. The van der Waals surface area contributed by atoms with Gasteiger partial charge in [0.05, 0.1) is 18.1 Å². The van der Waals surface area contributed by atoms with Crippen molar-refractivity contribution < 1.29 is 4.74 Å². The van der Waals surface area contributed by atoms with Crippen molar-refractivity contribution in [3.8, 4) is 6.07 Å². The SMILES string of the molecule is COC1CCCC1NC1CCCC1C#N. The van der Waals surface area contributed by atoms with Gasteiger partial charge in [-0.25, -0.2) is 0 Å². The molecule has 0 bridgehead atoms. The lowest BCUT2D eigenvalue weighted by molar-refractivity contribution is 0.0803. The summed E-state index contributed by atoms with van der Waals surface area (Å²) in [5.41, 5.74) is 0. The molecule has 4 atom stereocenters. The molecule has 0 amide bonds. The van der Waals surface area contributed by atoms with Crippen LogP contribution in [0.5, 0.6) is 0 Å². The van der Waals surface area contributed by atoms with E-state index in [1.165, 1.54) is 19.3 Å². The Hall–Kier alpha value is -0.590. The van der Waals surface area contributed by atoms with E-state index in [1.54, 1.807) is 7.11 Å². The highest BCUT2D eigenvalue weighted by Crippen LogP contribution is 2.28. The summed E-state index contributed by atoms with van der Waals surface area (Å²) in [7, 11) is 1.79. The van der Waals surface area contributed by atoms with E-state index in [0.717, 1.165) is 19.3 Å². The number of nitrogens with zero attached hydrogens (tertiary/aromatic N) is 1. The molecule has 2 fully saturated rings. The van der Waals surface area contributed by atoms with Crippen LogP contribution in [0.4, 0.5) is 0 Å². The molecule has 15 heavy (non-hydrogen) atoms. The van der Waals surface area contributed by atoms with Crippen molar-refractivity contribution >= 4 is 0 Å². The maximum Gasteiger partial charge on any atom is 0.0724 e. The van der Waals surface area contributed by atoms with E-state index in [4.69, 9.17) is 10.00 Å². The molecule has 0 aromatic rings. The fraction of sp³-hybridized carbons (Fsp3) is 0.917.